The Morgan fingerprint density at radius 2 is 1.92 bits per heavy atom. The van der Waals surface area contributed by atoms with E-state index in [4.69, 9.17) is 9.84 Å². The highest BCUT2D eigenvalue weighted by Gasteiger charge is 2.08. The van der Waals surface area contributed by atoms with Crippen LogP contribution >= 0.6 is 11.3 Å². The van der Waals surface area contributed by atoms with Crippen LogP contribution in [0.25, 0.3) is 11.1 Å². The second-order valence-corrected chi connectivity index (χ2v) is 6.10. The molecule has 0 aliphatic carbocycles. The van der Waals surface area contributed by atoms with E-state index < -0.39 is 5.97 Å². The molecule has 0 unspecified atom stereocenters. The zero-order valence-electron chi connectivity index (χ0n) is 12.7. The van der Waals surface area contributed by atoms with E-state index in [-0.39, 0.29) is 18.8 Å². The van der Waals surface area contributed by atoms with Crippen molar-refractivity contribution in [2.45, 2.75) is 13.0 Å². The summed E-state index contributed by atoms with van der Waals surface area (Å²) in [6.45, 7) is 0.237. The lowest BCUT2D eigenvalue weighted by Crippen LogP contribution is -2.01. The molecule has 0 atom stereocenters. The Morgan fingerprint density at radius 1 is 1.12 bits per heavy atom. The van der Waals surface area contributed by atoms with Crippen molar-refractivity contribution in [1.82, 2.24) is 0 Å². The van der Waals surface area contributed by atoms with Gasteiger partial charge in [-0.1, -0.05) is 18.2 Å². The van der Waals surface area contributed by atoms with Crippen molar-refractivity contribution in [3.63, 3.8) is 0 Å². The van der Waals surface area contributed by atoms with Crippen LogP contribution in [0.2, 0.25) is 0 Å². The number of aliphatic carboxylic acids is 1. The Bertz CT molecular complexity index is 826. The topological polar surface area (TPSA) is 46.5 Å². The predicted molar refractivity (Wildman–Crippen MR) is 91.8 cm³/mol. The quantitative estimate of drug-likeness (QED) is 0.702. The summed E-state index contributed by atoms with van der Waals surface area (Å²) in [7, 11) is 0. The standard InChI is InChI=1S/C19H15FO3S/c20-16-3-6-18(14-7-8-24-12-14)15(10-16)11-23-17-4-1-13(2-5-17)9-19(21)22/h1-8,10,12H,9,11H2,(H,21,22). The summed E-state index contributed by atoms with van der Waals surface area (Å²) in [5.41, 5.74) is 3.46. The van der Waals surface area contributed by atoms with E-state index in [1.165, 1.54) is 12.1 Å². The highest BCUT2D eigenvalue weighted by molar-refractivity contribution is 7.08. The first-order chi connectivity index (χ1) is 11.6. The van der Waals surface area contributed by atoms with Crippen LogP contribution in [0.15, 0.2) is 59.3 Å². The van der Waals surface area contributed by atoms with Crippen LogP contribution < -0.4 is 4.74 Å². The Hall–Kier alpha value is -2.66. The lowest BCUT2D eigenvalue weighted by atomic mass is 10.0. The van der Waals surface area contributed by atoms with Gasteiger partial charge in [0.15, 0.2) is 0 Å². The van der Waals surface area contributed by atoms with E-state index in [1.54, 1.807) is 41.7 Å². The fraction of sp³-hybridized carbons (Fsp3) is 0.105. The third kappa shape index (κ3) is 4.00. The molecule has 0 saturated heterocycles. The van der Waals surface area contributed by atoms with Gasteiger partial charge < -0.3 is 9.84 Å². The van der Waals surface area contributed by atoms with Crippen LogP contribution in [0.1, 0.15) is 11.1 Å². The van der Waals surface area contributed by atoms with Gasteiger partial charge in [-0.25, -0.2) is 4.39 Å². The minimum Gasteiger partial charge on any atom is -0.489 e. The van der Waals surface area contributed by atoms with Crippen molar-refractivity contribution in [3.8, 4) is 16.9 Å². The molecular weight excluding hydrogens is 327 g/mol. The number of benzene rings is 2. The Morgan fingerprint density at radius 3 is 2.58 bits per heavy atom. The van der Waals surface area contributed by atoms with E-state index in [9.17, 15) is 9.18 Å². The number of carboxylic acids is 1. The van der Waals surface area contributed by atoms with E-state index in [0.29, 0.717) is 11.3 Å². The molecular formula is C19H15FO3S. The summed E-state index contributed by atoms with van der Waals surface area (Å²) in [6.07, 6.45) is -0.0213. The van der Waals surface area contributed by atoms with Crippen molar-refractivity contribution in [3.05, 3.63) is 76.2 Å². The third-order valence-corrected chi connectivity index (χ3v) is 4.26. The van der Waals surface area contributed by atoms with Gasteiger partial charge in [0.2, 0.25) is 0 Å². The van der Waals surface area contributed by atoms with Gasteiger partial charge in [0.05, 0.1) is 6.42 Å². The molecule has 2 aromatic carbocycles. The van der Waals surface area contributed by atoms with E-state index in [2.05, 4.69) is 0 Å². The van der Waals surface area contributed by atoms with Crippen LogP contribution in [-0.4, -0.2) is 11.1 Å². The Balaban J connectivity index is 1.75. The minimum atomic E-state index is -0.871. The molecule has 5 heteroatoms. The number of hydrogen-bond acceptors (Lipinski definition) is 3. The zero-order chi connectivity index (χ0) is 16.9. The first-order valence-electron chi connectivity index (χ1n) is 7.36. The molecule has 0 fully saturated rings. The summed E-state index contributed by atoms with van der Waals surface area (Å²) in [5.74, 6) is -0.558. The molecule has 1 N–H and O–H groups in total. The van der Waals surface area contributed by atoms with Crippen LogP contribution in [-0.2, 0) is 17.8 Å². The van der Waals surface area contributed by atoms with Crippen LogP contribution in [0.3, 0.4) is 0 Å². The monoisotopic (exact) mass is 342 g/mol. The first-order valence-corrected chi connectivity index (χ1v) is 8.30. The average Bonchev–Trinajstić information content (AvgIpc) is 3.08. The summed E-state index contributed by atoms with van der Waals surface area (Å²) in [4.78, 5) is 10.7. The van der Waals surface area contributed by atoms with Crippen LogP contribution in [0.4, 0.5) is 4.39 Å². The SMILES string of the molecule is O=C(O)Cc1ccc(OCc2cc(F)ccc2-c2ccsc2)cc1. The van der Waals surface area contributed by atoms with Crippen molar-refractivity contribution in [2.24, 2.45) is 0 Å². The lowest BCUT2D eigenvalue weighted by Gasteiger charge is -2.11. The molecule has 3 rings (SSSR count). The second-order valence-electron chi connectivity index (χ2n) is 5.32. The number of halogens is 1. The fourth-order valence-corrected chi connectivity index (χ4v) is 3.08. The highest BCUT2D eigenvalue weighted by Crippen LogP contribution is 2.27. The van der Waals surface area contributed by atoms with Gasteiger partial charge in [0.1, 0.15) is 18.2 Å². The smallest absolute Gasteiger partial charge is 0.307 e. The number of carbonyl (C=O) groups is 1. The average molecular weight is 342 g/mol. The number of hydrogen-bond donors (Lipinski definition) is 1. The Kier molecular flexibility index (Phi) is 4.91. The molecule has 0 radical (unpaired) electrons. The maximum absolute atomic E-state index is 13.6. The molecule has 0 saturated carbocycles. The third-order valence-electron chi connectivity index (χ3n) is 3.57. The summed E-state index contributed by atoms with van der Waals surface area (Å²) < 4.78 is 19.3. The molecule has 0 aliphatic rings. The number of ether oxygens (including phenoxy) is 1. The molecule has 122 valence electrons. The molecule has 1 aromatic heterocycles. The number of rotatable bonds is 6. The molecule has 1 heterocycles. The van der Waals surface area contributed by atoms with Crippen molar-refractivity contribution in [1.29, 1.82) is 0 Å². The van der Waals surface area contributed by atoms with Gasteiger partial charge in [0, 0.05) is 5.56 Å². The number of carboxylic acid groups (broad SMARTS) is 1. The van der Waals surface area contributed by atoms with Crippen molar-refractivity contribution < 1.29 is 19.0 Å². The molecule has 0 spiro atoms. The minimum absolute atomic E-state index is 0.0213. The molecule has 3 nitrogen and oxygen atoms in total. The maximum Gasteiger partial charge on any atom is 0.307 e. The van der Waals surface area contributed by atoms with Crippen LogP contribution in [0, 0.1) is 5.82 Å². The summed E-state index contributed by atoms with van der Waals surface area (Å²) >= 11 is 1.59. The van der Waals surface area contributed by atoms with Crippen LogP contribution in [0.5, 0.6) is 5.75 Å². The molecule has 0 aliphatic heterocycles. The predicted octanol–water partition coefficient (Wildman–Crippen LogP) is 4.76. The lowest BCUT2D eigenvalue weighted by molar-refractivity contribution is -0.136. The van der Waals surface area contributed by atoms with Gasteiger partial charge in [-0.2, -0.15) is 11.3 Å². The maximum atomic E-state index is 13.6. The second kappa shape index (κ2) is 7.27. The molecule has 0 bridgehead atoms. The molecule has 0 amide bonds. The summed E-state index contributed by atoms with van der Waals surface area (Å²) in [6, 6.07) is 13.5. The van der Waals surface area contributed by atoms with Crippen molar-refractivity contribution in [2.75, 3.05) is 0 Å². The normalized spacial score (nSPS) is 10.5. The van der Waals surface area contributed by atoms with Gasteiger partial charge in [-0.3, -0.25) is 4.79 Å². The fourth-order valence-electron chi connectivity index (χ4n) is 2.42. The molecule has 3 aromatic rings. The molecule has 24 heavy (non-hydrogen) atoms. The van der Waals surface area contributed by atoms with Gasteiger partial charge >= 0.3 is 5.97 Å². The van der Waals surface area contributed by atoms with E-state index in [1.807, 2.05) is 16.8 Å². The van der Waals surface area contributed by atoms with Gasteiger partial charge in [-0.05, 0) is 57.8 Å². The van der Waals surface area contributed by atoms with Gasteiger partial charge in [0.25, 0.3) is 0 Å². The number of thiophene rings is 1. The van der Waals surface area contributed by atoms with E-state index >= 15 is 0 Å². The zero-order valence-corrected chi connectivity index (χ0v) is 13.6. The van der Waals surface area contributed by atoms with Gasteiger partial charge in [-0.15, -0.1) is 0 Å². The van der Waals surface area contributed by atoms with E-state index in [0.717, 1.165) is 16.7 Å². The highest BCUT2D eigenvalue weighted by atomic mass is 32.1. The van der Waals surface area contributed by atoms with Crippen molar-refractivity contribution >= 4 is 17.3 Å². The Labute approximate surface area is 143 Å². The largest absolute Gasteiger partial charge is 0.489 e. The first kappa shape index (κ1) is 16.2. The summed E-state index contributed by atoms with van der Waals surface area (Å²) in [5, 5.41) is 12.8.